The lowest BCUT2D eigenvalue weighted by Crippen LogP contribution is -2.36. The minimum absolute atomic E-state index is 0.0956. The molecule has 2 unspecified atom stereocenters. The minimum atomic E-state index is -1.40. The molecule has 1 amide bonds. The molecule has 5 N–H and O–H groups in total. The number of rotatable bonds is 7. The van der Waals surface area contributed by atoms with Crippen molar-refractivity contribution in [3.8, 4) is 11.1 Å². The highest BCUT2D eigenvalue weighted by Gasteiger charge is 2.29. The highest BCUT2D eigenvalue weighted by molar-refractivity contribution is 5.79. The largest absolute Gasteiger partial charge is 0.449 e. The molecule has 1 aliphatic rings. The summed E-state index contributed by atoms with van der Waals surface area (Å²) in [6.07, 6.45) is -3.50. The van der Waals surface area contributed by atoms with Gasteiger partial charge in [0, 0.05) is 18.5 Å². The summed E-state index contributed by atoms with van der Waals surface area (Å²) in [7, 11) is 0. The summed E-state index contributed by atoms with van der Waals surface area (Å²) >= 11 is 0. The number of fused-ring (bicyclic) bond motifs is 3. The van der Waals surface area contributed by atoms with Gasteiger partial charge in [0.15, 0.2) is 0 Å². The third kappa shape index (κ3) is 4.50. The van der Waals surface area contributed by atoms with E-state index in [0.717, 1.165) is 28.3 Å². The maximum Gasteiger partial charge on any atom is 0.407 e. The number of alkyl carbamates (subject to hydrolysis) is 1. The molecule has 0 saturated heterocycles. The van der Waals surface area contributed by atoms with Gasteiger partial charge in [-0.05, 0) is 39.9 Å². The molecule has 1 aliphatic carbocycles. The Bertz CT molecular complexity index is 1150. The van der Waals surface area contributed by atoms with Crippen molar-refractivity contribution in [3.63, 3.8) is 0 Å². The molecule has 0 spiro atoms. The molecule has 33 heavy (non-hydrogen) atoms. The van der Waals surface area contributed by atoms with E-state index in [1.54, 1.807) is 0 Å². The lowest BCUT2D eigenvalue weighted by molar-refractivity contribution is -0.383. The van der Waals surface area contributed by atoms with Crippen molar-refractivity contribution in [3.05, 3.63) is 93.5 Å². The Balaban J connectivity index is 1.34. The minimum Gasteiger partial charge on any atom is -0.449 e. The van der Waals surface area contributed by atoms with E-state index in [1.165, 1.54) is 12.1 Å². The van der Waals surface area contributed by atoms with E-state index in [4.69, 9.17) is 10.5 Å². The molecule has 0 radical (unpaired) electrons. The quantitative estimate of drug-likeness (QED) is 0.246. The highest BCUT2D eigenvalue weighted by Crippen LogP contribution is 2.44. The molecule has 170 valence electrons. The summed E-state index contributed by atoms with van der Waals surface area (Å²) in [4.78, 5) is 22.5. The molecule has 4 rings (SSSR count). The summed E-state index contributed by atoms with van der Waals surface area (Å²) in [6.45, 7) is -0.161. The zero-order valence-electron chi connectivity index (χ0n) is 17.5. The summed E-state index contributed by atoms with van der Waals surface area (Å²) in [6, 6.07) is 19.6. The lowest BCUT2D eigenvalue weighted by atomic mass is 9.98. The van der Waals surface area contributed by atoms with Gasteiger partial charge in [-0.1, -0.05) is 48.5 Å². The SMILES string of the molecule is Nc1cc(C(O)C(O)CNC(=O)OCC2c3ccccc3-c3ccccc32)ccc1[N+](=O)[O-]. The van der Waals surface area contributed by atoms with Crippen LogP contribution in [0.25, 0.3) is 11.1 Å². The van der Waals surface area contributed by atoms with Crippen LogP contribution < -0.4 is 11.1 Å². The maximum absolute atomic E-state index is 12.2. The molecule has 0 heterocycles. The number of anilines is 1. The van der Waals surface area contributed by atoms with Crippen LogP contribution in [0.1, 0.15) is 28.7 Å². The molecule has 9 heteroatoms. The van der Waals surface area contributed by atoms with Crippen LogP contribution >= 0.6 is 0 Å². The van der Waals surface area contributed by atoms with E-state index in [1.807, 2.05) is 48.5 Å². The highest BCUT2D eigenvalue weighted by atomic mass is 16.6. The number of amides is 1. The number of nitro groups is 1. The Hall–Kier alpha value is -3.95. The van der Waals surface area contributed by atoms with Crippen LogP contribution in [0.3, 0.4) is 0 Å². The van der Waals surface area contributed by atoms with Gasteiger partial charge in [0.2, 0.25) is 0 Å². The number of aliphatic hydroxyl groups is 2. The number of benzene rings is 3. The number of nitrogen functional groups attached to an aromatic ring is 1. The number of aliphatic hydroxyl groups excluding tert-OH is 2. The zero-order valence-corrected chi connectivity index (χ0v) is 17.5. The third-order valence-electron chi connectivity index (χ3n) is 5.75. The van der Waals surface area contributed by atoms with Crippen molar-refractivity contribution in [2.24, 2.45) is 0 Å². The predicted molar refractivity (Wildman–Crippen MR) is 122 cm³/mol. The molecule has 0 bridgehead atoms. The van der Waals surface area contributed by atoms with Crippen molar-refractivity contribution >= 4 is 17.5 Å². The Morgan fingerprint density at radius 1 is 1.06 bits per heavy atom. The van der Waals surface area contributed by atoms with Gasteiger partial charge in [-0.2, -0.15) is 0 Å². The number of hydrogen-bond acceptors (Lipinski definition) is 7. The summed E-state index contributed by atoms with van der Waals surface area (Å²) in [5.41, 5.74) is 9.78. The normalized spacial score (nSPS) is 14.1. The molecule has 0 fully saturated rings. The van der Waals surface area contributed by atoms with Crippen molar-refractivity contribution < 1.29 is 24.7 Å². The van der Waals surface area contributed by atoms with Gasteiger partial charge in [-0.15, -0.1) is 0 Å². The van der Waals surface area contributed by atoms with Gasteiger partial charge in [0.25, 0.3) is 5.69 Å². The van der Waals surface area contributed by atoms with Gasteiger partial charge >= 0.3 is 6.09 Å². The van der Waals surface area contributed by atoms with E-state index in [2.05, 4.69) is 5.32 Å². The Morgan fingerprint density at radius 3 is 2.24 bits per heavy atom. The van der Waals surface area contributed by atoms with E-state index >= 15 is 0 Å². The third-order valence-corrected chi connectivity index (χ3v) is 5.75. The topological polar surface area (TPSA) is 148 Å². The van der Waals surface area contributed by atoms with Crippen LogP contribution in [-0.2, 0) is 4.74 Å². The predicted octanol–water partition coefficient (Wildman–Crippen LogP) is 3.11. The fourth-order valence-corrected chi connectivity index (χ4v) is 4.09. The van der Waals surface area contributed by atoms with Crippen molar-refractivity contribution in [2.75, 3.05) is 18.9 Å². The van der Waals surface area contributed by atoms with Crippen LogP contribution in [0.5, 0.6) is 0 Å². The zero-order chi connectivity index (χ0) is 23.5. The first-order chi connectivity index (χ1) is 15.9. The number of hydrogen-bond donors (Lipinski definition) is 4. The number of carbonyl (C=O) groups is 1. The standard InChI is InChI=1S/C24H23N3O6/c25-20-11-14(9-10-21(20)27(31)32)23(29)22(28)12-26-24(30)33-13-19-17-7-3-1-5-15(17)16-6-2-4-8-18(16)19/h1-11,19,22-23,28-29H,12-13,25H2,(H,26,30). The number of carbonyl (C=O) groups excluding carboxylic acids is 1. The fourth-order valence-electron chi connectivity index (χ4n) is 4.09. The van der Waals surface area contributed by atoms with E-state index in [9.17, 15) is 25.1 Å². The Morgan fingerprint density at radius 2 is 1.67 bits per heavy atom. The Labute approximate surface area is 189 Å². The molecule has 9 nitrogen and oxygen atoms in total. The fraction of sp³-hybridized carbons (Fsp3) is 0.208. The van der Waals surface area contributed by atoms with Crippen LogP contribution in [0.4, 0.5) is 16.2 Å². The van der Waals surface area contributed by atoms with Gasteiger partial charge < -0.3 is 26.0 Å². The van der Waals surface area contributed by atoms with Gasteiger partial charge in [0.1, 0.15) is 24.5 Å². The second-order valence-corrected chi connectivity index (χ2v) is 7.79. The smallest absolute Gasteiger partial charge is 0.407 e. The molecule has 3 aromatic rings. The number of ether oxygens (including phenoxy) is 1. The van der Waals surface area contributed by atoms with Crippen molar-refractivity contribution in [1.29, 1.82) is 0 Å². The summed E-state index contributed by atoms with van der Waals surface area (Å²) < 4.78 is 5.40. The first-order valence-corrected chi connectivity index (χ1v) is 10.4. The first-order valence-electron chi connectivity index (χ1n) is 10.4. The first kappa shape index (κ1) is 22.3. The van der Waals surface area contributed by atoms with Crippen LogP contribution in [0, 0.1) is 10.1 Å². The van der Waals surface area contributed by atoms with Gasteiger partial charge in [-0.3, -0.25) is 10.1 Å². The van der Waals surface area contributed by atoms with Crippen molar-refractivity contribution in [1.82, 2.24) is 5.32 Å². The van der Waals surface area contributed by atoms with Gasteiger partial charge in [-0.25, -0.2) is 4.79 Å². The summed E-state index contributed by atoms with van der Waals surface area (Å²) in [5.74, 6) is -0.0956. The number of nitrogens with two attached hydrogens (primary N) is 1. The number of nitrogens with one attached hydrogen (secondary N) is 1. The number of nitro benzene ring substituents is 1. The van der Waals surface area contributed by atoms with Gasteiger partial charge in [0.05, 0.1) is 4.92 Å². The van der Waals surface area contributed by atoms with E-state index in [0.29, 0.717) is 0 Å². The molecule has 3 aromatic carbocycles. The molecule has 0 aromatic heterocycles. The monoisotopic (exact) mass is 449 g/mol. The Kier molecular flexibility index (Phi) is 6.25. The summed E-state index contributed by atoms with van der Waals surface area (Å²) in [5, 5.41) is 33.8. The number of nitrogens with zero attached hydrogens (tertiary/aromatic N) is 1. The average molecular weight is 449 g/mol. The molecule has 0 saturated carbocycles. The van der Waals surface area contributed by atoms with E-state index < -0.39 is 23.2 Å². The molecular formula is C24H23N3O6. The van der Waals surface area contributed by atoms with Crippen LogP contribution in [0.15, 0.2) is 66.7 Å². The van der Waals surface area contributed by atoms with Crippen LogP contribution in [-0.4, -0.2) is 40.5 Å². The lowest BCUT2D eigenvalue weighted by Gasteiger charge is -2.19. The second-order valence-electron chi connectivity index (χ2n) is 7.79. The molecule has 2 atom stereocenters. The maximum atomic E-state index is 12.2. The second kappa shape index (κ2) is 9.27. The van der Waals surface area contributed by atoms with Crippen LogP contribution in [0.2, 0.25) is 0 Å². The van der Waals surface area contributed by atoms with E-state index in [-0.39, 0.29) is 36.0 Å². The molecule has 0 aliphatic heterocycles. The average Bonchev–Trinajstić information content (AvgIpc) is 3.14. The van der Waals surface area contributed by atoms with Crippen molar-refractivity contribution in [2.45, 2.75) is 18.1 Å². The molecular weight excluding hydrogens is 426 g/mol.